The molecule has 1 aliphatic rings. The second-order valence-corrected chi connectivity index (χ2v) is 6.42. The highest BCUT2D eigenvalue weighted by Gasteiger charge is 2.22. The molecular weight excluding hydrogens is 357 g/mol. The van der Waals surface area contributed by atoms with Crippen molar-refractivity contribution in [1.82, 2.24) is 14.9 Å². The molecule has 6 nitrogen and oxygen atoms in total. The molecule has 0 radical (unpaired) electrons. The van der Waals surface area contributed by atoms with E-state index in [1.165, 1.54) is 24.5 Å². The summed E-state index contributed by atoms with van der Waals surface area (Å²) in [5.74, 6) is 0.668. The van der Waals surface area contributed by atoms with Crippen molar-refractivity contribution in [3.8, 4) is 0 Å². The van der Waals surface area contributed by atoms with E-state index in [1.54, 1.807) is 17.0 Å². The smallest absolute Gasteiger partial charge is 0.246 e. The summed E-state index contributed by atoms with van der Waals surface area (Å²) in [7, 11) is 0. The van der Waals surface area contributed by atoms with E-state index < -0.39 is 5.82 Å². The number of carbonyl (C=O) groups excluding carboxylic acids is 1. The maximum atomic E-state index is 13.2. The largest absolute Gasteiger partial charge is 0.365 e. The molecule has 1 aromatic heterocycles. The van der Waals surface area contributed by atoms with Crippen LogP contribution < -0.4 is 10.6 Å². The van der Waals surface area contributed by atoms with Crippen molar-refractivity contribution < 1.29 is 9.18 Å². The first-order valence-electron chi connectivity index (χ1n) is 8.27. The molecule has 2 heterocycles. The van der Waals surface area contributed by atoms with Gasteiger partial charge in [-0.1, -0.05) is 18.2 Å². The Kier molecular flexibility index (Phi) is 5.68. The number of anilines is 3. The molecule has 1 fully saturated rings. The van der Waals surface area contributed by atoms with Gasteiger partial charge in [0.1, 0.15) is 23.8 Å². The summed E-state index contributed by atoms with van der Waals surface area (Å²) in [6.07, 6.45) is 4.64. The number of hydrogen-bond acceptors (Lipinski definition) is 5. The van der Waals surface area contributed by atoms with Crippen LogP contribution in [0.5, 0.6) is 0 Å². The third-order valence-electron chi connectivity index (χ3n) is 4.12. The molecule has 136 valence electrons. The van der Waals surface area contributed by atoms with Crippen LogP contribution in [-0.4, -0.2) is 39.9 Å². The van der Waals surface area contributed by atoms with E-state index in [1.807, 2.05) is 0 Å². The van der Waals surface area contributed by atoms with Crippen LogP contribution in [0.3, 0.4) is 0 Å². The van der Waals surface area contributed by atoms with Gasteiger partial charge in [0.05, 0.1) is 5.02 Å². The van der Waals surface area contributed by atoms with E-state index in [-0.39, 0.29) is 17.0 Å². The Bertz CT molecular complexity index is 816. The van der Waals surface area contributed by atoms with Gasteiger partial charge in [0.2, 0.25) is 5.91 Å². The minimum atomic E-state index is -0.474. The number of amides is 1. The first-order chi connectivity index (χ1) is 12.5. The first kappa shape index (κ1) is 18.1. The van der Waals surface area contributed by atoms with Crippen molar-refractivity contribution in [3.05, 3.63) is 54.1 Å². The van der Waals surface area contributed by atoms with Crippen molar-refractivity contribution in [2.75, 3.05) is 23.7 Å². The number of piperidine rings is 1. The lowest BCUT2D eigenvalue weighted by Gasteiger charge is -2.32. The van der Waals surface area contributed by atoms with E-state index in [4.69, 9.17) is 11.6 Å². The van der Waals surface area contributed by atoms with Crippen molar-refractivity contribution in [2.45, 2.75) is 18.9 Å². The quantitative estimate of drug-likeness (QED) is 0.781. The number of aromatic nitrogens is 2. The van der Waals surface area contributed by atoms with Crippen molar-refractivity contribution >= 4 is 34.8 Å². The Labute approximate surface area is 156 Å². The minimum absolute atomic E-state index is 0.0385. The SMILES string of the molecule is C=CC(=O)N1CCCC(Nc2cc(Nc3ccc(F)c(Cl)c3)ncn2)C1. The highest BCUT2D eigenvalue weighted by atomic mass is 35.5. The van der Waals surface area contributed by atoms with Gasteiger partial charge in [0.25, 0.3) is 0 Å². The Morgan fingerprint density at radius 1 is 1.35 bits per heavy atom. The summed E-state index contributed by atoms with van der Waals surface area (Å²) in [5, 5.41) is 6.44. The van der Waals surface area contributed by atoms with Gasteiger partial charge in [-0.25, -0.2) is 14.4 Å². The summed E-state index contributed by atoms with van der Waals surface area (Å²) in [5.41, 5.74) is 0.626. The zero-order chi connectivity index (χ0) is 18.5. The normalized spacial score (nSPS) is 16.8. The fourth-order valence-corrected chi connectivity index (χ4v) is 3.04. The van der Waals surface area contributed by atoms with Gasteiger partial charge < -0.3 is 15.5 Å². The Balaban J connectivity index is 1.66. The van der Waals surface area contributed by atoms with Gasteiger partial charge in [-0.15, -0.1) is 0 Å². The lowest BCUT2D eigenvalue weighted by atomic mass is 10.1. The monoisotopic (exact) mass is 375 g/mol. The molecule has 1 amide bonds. The van der Waals surface area contributed by atoms with Crippen molar-refractivity contribution in [2.24, 2.45) is 0 Å². The Hall–Kier alpha value is -2.67. The lowest BCUT2D eigenvalue weighted by Crippen LogP contribution is -2.44. The average Bonchev–Trinajstić information content (AvgIpc) is 2.64. The number of nitrogens with zero attached hydrogens (tertiary/aromatic N) is 3. The molecule has 1 aliphatic heterocycles. The molecule has 1 atom stereocenters. The zero-order valence-corrected chi connectivity index (χ0v) is 14.8. The van der Waals surface area contributed by atoms with Gasteiger partial charge in [-0.05, 0) is 37.1 Å². The van der Waals surface area contributed by atoms with Gasteiger partial charge in [-0.3, -0.25) is 4.79 Å². The van der Waals surface area contributed by atoms with E-state index in [0.717, 1.165) is 19.4 Å². The van der Waals surface area contributed by atoms with Crippen molar-refractivity contribution in [3.63, 3.8) is 0 Å². The number of hydrogen-bond donors (Lipinski definition) is 2. The van der Waals surface area contributed by atoms with Crippen LogP contribution in [0.15, 0.2) is 43.2 Å². The van der Waals surface area contributed by atoms with Crippen LogP contribution in [0.4, 0.5) is 21.7 Å². The number of benzene rings is 1. The molecule has 0 aliphatic carbocycles. The molecule has 0 bridgehead atoms. The molecule has 3 rings (SSSR count). The maximum absolute atomic E-state index is 13.2. The minimum Gasteiger partial charge on any atom is -0.365 e. The number of likely N-dealkylation sites (tertiary alicyclic amines) is 1. The summed E-state index contributed by atoms with van der Waals surface area (Å²) < 4.78 is 13.2. The molecule has 26 heavy (non-hydrogen) atoms. The van der Waals surface area contributed by atoms with Gasteiger partial charge in [0.15, 0.2) is 0 Å². The first-order valence-corrected chi connectivity index (χ1v) is 8.65. The molecule has 2 N–H and O–H groups in total. The predicted octanol–water partition coefficient (Wildman–Crippen LogP) is 3.60. The highest BCUT2D eigenvalue weighted by molar-refractivity contribution is 6.31. The van der Waals surface area contributed by atoms with Crippen molar-refractivity contribution in [1.29, 1.82) is 0 Å². The molecule has 8 heteroatoms. The van der Waals surface area contributed by atoms with E-state index >= 15 is 0 Å². The van der Waals surface area contributed by atoms with E-state index in [0.29, 0.717) is 23.9 Å². The fourth-order valence-electron chi connectivity index (χ4n) is 2.86. The van der Waals surface area contributed by atoms with Crippen LogP contribution in [0.1, 0.15) is 12.8 Å². The molecule has 1 unspecified atom stereocenters. The fraction of sp³-hybridized carbons (Fsp3) is 0.278. The summed E-state index contributed by atoms with van der Waals surface area (Å²) in [4.78, 5) is 21.9. The second-order valence-electron chi connectivity index (χ2n) is 6.01. The van der Waals surface area contributed by atoms with Gasteiger partial charge in [-0.2, -0.15) is 0 Å². The summed E-state index contributed by atoms with van der Waals surface area (Å²) >= 11 is 5.79. The van der Waals surface area contributed by atoms with E-state index in [9.17, 15) is 9.18 Å². The van der Waals surface area contributed by atoms with Gasteiger partial charge >= 0.3 is 0 Å². The third kappa shape index (κ3) is 4.49. The number of nitrogens with one attached hydrogen (secondary N) is 2. The van der Waals surface area contributed by atoms with Crippen LogP contribution in [0.25, 0.3) is 0 Å². The third-order valence-corrected chi connectivity index (χ3v) is 4.41. The molecule has 1 saturated heterocycles. The molecule has 2 aromatic rings. The maximum Gasteiger partial charge on any atom is 0.246 e. The summed E-state index contributed by atoms with van der Waals surface area (Å²) in [6, 6.07) is 6.22. The average molecular weight is 376 g/mol. The van der Waals surface area contributed by atoms with Crippen LogP contribution >= 0.6 is 11.6 Å². The summed E-state index contributed by atoms with van der Waals surface area (Å²) in [6.45, 7) is 4.88. The van der Waals surface area contributed by atoms with Crippen LogP contribution in [0.2, 0.25) is 5.02 Å². The Morgan fingerprint density at radius 2 is 2.15 bits per heavy atom. The highest BCUT2D eigenvalue weighted by Crippen LogP contribution is 2.23. The molecular formula is C18H19ClFN5O. The predicted molar refractivity (Wildman–Crippen MR) is 100 cm³/mol. The van der Waals surface area contributed by atoms with Crippen LogP contribution in [0, 0.1) is 5.82 Å². The second kappa shape index (κ2) is 8.14. The van der Waals surface area contributed by atoms with Gasteiger partial charge in [0, 0.05) is 30.9 Å². The molecule has 0 spiro atoms. The number of halogens is 2. The molecule has 0 saturated carbocycles. The Morgan fingerprint density at radius 3 is 2.92 bits per heavy atom. The topological polar surface area (TPSA) is 70.2 Å². The molecule has 1 aromatic carbocycles. The lowest BCUT2D eigenvalue weighted by molar-refractivity contribution is -0.127. The number of rotatable bonds is 5. The number of carbonyl (C=O) groups is 1. The standard InChI is InChI=1S/C18H19ClFN5O/c1-2-18(26)25-7-3-4-13(10-25)24-17-9-16(21-11-22-17)23-12-5-6-15(20)14(19)8-12/h2,5-6,8-9,11,13H,1,3-4,7,10H2,(H2,21,22,23,24). The van der Waals surface area contributed by atoms with Crippen LogP contribution in [-0.2, 0) is 4.79 Å². The van der Waals surface area contributed by atoms with E-state index in [2.05, 4.69) is 27.2 Å². The zero-order valence-electron chi connectivity index (χ0n) is 14.1.